The van der Waals surface area contributed by atoms with E-state index in [0.29, 0.717) is 19.6 Å². The van der Waals surface area contributed by atoms with Crippen LogP contribution in [0.15, 0.2) is 79.1 Å². The second kappa shape index (κ2) is 24.7. The number of rotatable bonds is 6. The summed E-state index contributed by atoms with van der Waals surface area (Å²) < 4.78 is 39.7. The zero-order valence-electron chi connectivity index (χ0n) is 35.5. The van der Waals surface area contributed by atoms with Crippen molar-refractivity contribution in [3.05, 3.63) is 95.6 Å². The summed E-state index contributed by atoms with van der Waals surface area (Å²) in [5.41, 5.74) is 5.83. The minimum Gasteiger partial charge on any atom is -0.469 e. The summed E-state index contributed by atoms with van der Waals surface area (Å²) in [5, 5.41) is 14.4. The molecule has 0 saturated heterocycles. The van der Waals surface area contributed by atoms with Gasteiger partial charge in [0.15, 0.2) is 0 Å². The molecule has 0 spiro atoms. The van der Waals surface area contributed by atoms with E-state index in [-0.39, 0.29) is 12.8 Å². The highest BCUT2D eigenvalue weighted by molar-refractivity contribution is 5.77. The van der Waals surface area contributed by atoms with Gasteiger partial charge in [0.1, 0.15) is 39.8 Å². The molecule has 2 aliphatic heterocycles. The molecule has 4 aromatic heterocycles. The Morgan fingerprint density at radius 3 is 1.76 bits per heavy atom. The quantitative estimate of drug-likeness (QED) is 0.0487. The standard InChI is InChI=1S/C12H17NO3.C10H18O5.C7H11NO2.C7H9NO.C6H9NO/c1-12(2,3)16-11(14)13-6-4-10-9(8-13)5-7-15-10;1-9(2,3)14-7(11)13-8(12)15-10(4,5)6;9-6-8-4-3-7-2-1-5-10-7;1-3-8-5-6-2-4-9-7(1)6;7-4-3-6-2-1-5-8-6/h5,7H,4,6,8H2,1-3H3;1-6H3;1-2,5,8-9H,3-4,6H2;2,4,8H,1,3,5H2;1-2,5H,3-4,7H2. The molecule has 5 N–H and O–H groups in total. The van der Waals surface area contributed by atoms with E-state index in [1.54, 1.807) is 71.5 Å². The van der Waals surface area contributed by atoms with Gasteiger partial charge in [-0.05, 0) is 105 Å². The first-order chi connectivity index (χ1) is 27.3. The van der Waals surface area contributed by atoms with Crippen molar-refractivity contribution in [3.63, 3.8) is 0 Å². The van der Waals surface area contributed by atoms with Crippen LogP contribution in [0.3, 0.4) is 0 Å². The van der Waals surface area contributed by atoms with Crippen LogP contribution < -0.4 is 16.4 Å². The van der Waals surface area contributed by atoms with Crippen molar-refractivity contribution in [3.8, 4) is 0 Å². The van der Waals surface area contributed by atoms with Crippen molar-refractivity contribution in [2.24, 2.45) is 5.73 Å². The van der Waals surface area contributed by atoms with Crippen molar-refractivity contribution >= 4 is 18.4 Å². The molecule has 0 radical (unpaired) electrons. The predicted molar refractivity (Wildman–Crippen MR) is 216 cm³/mol. The van der Waals surface area contributed by atoms with Gasteiger partial charge in [-0.2, -0.15) is 0 Å². The van der Waals surface area contributed by atoms with Gasteiger partial charge >= 0.3 is 18.4 Å². The maximum atomic E-state index is 11.8. The van der Waals surface area contributed by atoms with Gasteiger partial charge in [0.25, 0.3) is 0 Å². The molecular formula is C42H64N4O12. The SMILES string of the molecule is CC(C)(C)OC(=O)N1CCc2occc2C1.CC(C)(C)OC(=O)OC(=O)OC(C)(C)C.NCCc1ccco1.OCNCCc1ccco1.c1cc2c(o1)CCNC2. The van der Waals surface area contributed by atoms with Gasteiger partial charge in [-0.1, -0.05) is 0 Å². The van der Waals surface area contributed by atoms with Crippen molar-refractivity contribution in [2.75, 3.05) is 32.9 Å². The molecular weight excluding hydrogens is 752 g/mol. The highest BCUT2D eigenvalue weighted by Gasteiger charge is 2.27. The first kappa shape index (κ1) is 49.1. The summed E-state index contributed by atoms with van der Waals surface area (Å²) >= 11 is 0. The molecule has 6 heterocycles. The number of aliphatic hydroxyl groups is 1. The fourth-order valence-electron chi connectivity index (χ4n) is 4.85. The highest BCUT2D eigenvalue weighted by Crippen LogP contribution is 2.21. The largest absolute Gasteiger partial charge is 0.519 e. The lowest BCUT2D eigenvalue weighted by Crippen LogP contribution is -2.39. The molecule has 58 heavy (non-hydrogen) atoms. The minimum absolute atomic E-state index is 0.0285. The Hall–Kier alpha value is -5.03. The van der Waals surface area contributed by atoms with Crippen molar-refractivity contribution in [2.45, 2.75) is 118 Å². The Morgan fingerprint density at radius 1 is 0.741 bits per heavy atom. The molecule has 1 amide bonds. The average molecular weight is 817 g/mol. The predicted octanol–water partition coefficient (Wildman–Crippen LogP) is 7.51. The van der Waals surface area contributed by atoms with E-state index in [2.05, 4.69) is 15.4 Å². The minimum atomic E-state index is -1.06. The Balaban J connectivity index is 0.000000256. The van der Waals surface area contributed by atoms with Crippen LogP contribution in [-0.4, -0.2) is 78.1 Å². The molecule has 0 fully saturated rings. The molecule has 0 aromatic carbocycles. The number of hydrogen-bond donors (Lipinski definition) is 4. The van der Waals surface area contributed by atoms with Gasteiger partial charge in [0.2, 0.25) is 0 Å². The number of ether oxygens (including phenoxy) is 4. The number of aliphatic hydroxyl groups excluding tert-OH is 1. The Bertz CT molecular complexity index is 1660. The smallest absolute Gasteiger partial charge is 0.469 e. The van der Waals surface area contributed by atoms with Crippen LogP contribution in [0, 0.1) is 0 Å². The van der Waals surface area contributed by atoms with Gasteiger partial charge in [0, 0.05) is 63.0 Å². The maximum Gasteiger partial charge on any atom is 0.519 e. The number of nitrogens with one attached hydrogen (secondary N) is 2. The third-order valence-electron chi connectivity index (χ3n) is 7.30. The molecule has 16 nitrogen and oxygen atoms in total. The normalized spacial score (nSPS) is 13.2. The van der Waals surface area contributed by atoms with Crippen LogP contribution in [0.1, 0.15) is 96.5 Å². The van der Waals surface area contributed by atoms with Gasteiger partial charge in [-0.25, -0.2) is 14.4 Å². The van der Waals surface area contributed by atoms with Crippen LogP contribution in [0.4, 0.5) is 14.4 Å². The number of nitrogens with zero attached hydrogens (tertiary/aromatic N) is 1. The van der Waals surface area contributed by atoms with Gasteiger partial charge in [-0.3, -0.25) is 5.32 Å². The zero-order valence-corrected chi connectivity index (χ0v) is 35.5. The van der Waals surface area contributed by atoms with Gasteiger partial charge < -0.3 is 57.7 Å². The third kappa shape index (κ3) is 22.1. The molecule has 6 rings (SSSR count). The Labute approximate surface area is 341 Å². The molecule has 0 bridgehead atoms. The van der Waals surface area contributed by atoms with E-state index in [4.69, 9.17) is 42.7 Å². The summed E-state index contributed by atoms with van der Waals surface area (Å²) in [6.07, 6.45) is 7.85. The fourth-order valence-corrected chi connectivity index (χ4v) is 4.85. The number of carbonyl (C=O) groups excluding carboxylic acids is 3. The first-order valence-electron chi connectivity index (χ1n) is 19.3. The first-order valence-corrected chi connectivity index (χ1v) is 19.3. The molecule has 0 saturated carbocycles. The summed E-state index contributed by atoms with van der Waals surface area (Å²) in [5.74, 6) is 4.06. The van der Waals surface area contributed by atoms with E-state index in [1.807, 2.05) is 57.2 Å². The molecule has 4 aromatic rings. The fraction of sp³-hybridized carbons (Fsp3) is 0.548. The number of furan rings is 4. The lowest BCUT2D eigenvalue weighted by atomic mass is 10.1. The molecule has 2 aliphatic rings. The zero-order chi connectivity index (χ0) is 43.2. The third-order valence-corrected chi connectivity index (χ3v) is 7.30. The summed E-state index contributed by atoms with van der Waals surface area (Å²) in [6, 6.07) is 11.5. The summed E-state index contributed by atoms with van der Waals surface area (Å²) in [6.45, 7) is 20.4. The van der Waals surface area contributed by atoms with E-state index in [9.17, 15) is 14.4 Å². The van der Waals surface area contributed by atoms with Gasteiger partial charge in [-0.15, -0.1) is 0 Å². The Morgan fingerprint density at radius 2 is 1.28 bits per heavy atom. The monoisotopic (exact) mass is 816 g/mol. The van der Waals surface area contributed by atoms with E-state index in [1.165, 1.54) is 5.56 Å². The van der Waals surface area contributed by atoms with Crippen LogP contribution in [0.2, 0.25) is 0 Å². The second-order valence-electron chi connectivity index (χ2n) is 16.0. The lowest BCUT2D eigenvalue weighted by Gasteiger charge is -2.29. The average Bonchev–Trinajstić information content (AvgIpc) is 3.96. The number of carbonyl (C=O) groups is 3. The van der Waals surface area contributed by atoms with Crippen molar-refractivity contribution < 1.29 is 56.1 Å². The molecule has 0 aliphatic carbocycles. The number of nitrogens with two attached hydrogens (primary N) is 1. The molecule has 324 valence electrons. The van der Waals surface area contributed by atoms with E-state index in [0.717, 1.165) is 73.9 Å². The maximum absolute atomic E-state index is 11.8. The van der Waals surface area contributed by atoms with Crippen LogP contribution in [-0.2, 0) is 57.7 Å². The van der Waals surface area contributed by atoms with Gasteiger partial charge in [0.05, 0.1) is 38.3 Å². The van der Waals surface area contributed by atoms with Crippen molar-refractivity contribution in [1.29, 1.82) is 0 Å². The molecule has 16 heteroatoms. The summed E-state index contributed by atoms with van der Waals surface area (Å²) in [4.78, 5) is 35.5. The topological polar surface area (TPSA) is 214 Å². The summed E-state index contributed by atoms with van der Waals surface area (Å²) in [7, 11) is 0. The molecule has 0 atom stereocenters. The van der Waals surface area contributed by atoms with E-state index >= 15 is 0 Å². The lowest BCUT2D eigenvalue weighted by molar-refractivity contribution is -0.0294. The Kier molecular flexibility index (Phi) is 20.9. The van der Waals surface area contributed by atoms with Crippen LogP contribution in [0.25, 0.3) is 0 Å². The van der Waals surface area contributed by atoms with Crippen molar-refractivity contribution in [1.82, 2.24) is 15.5 Å². The number of amides is 1. The van der Waals surface area contributed by atoms with E-state index < -0.39 is 29.1 Å². The van der Waals surface area contributed by atoms with Crippen LogP contribution in [0.5, 0.6) is 0 Å². The number of hydrogen-bond acceptors (Lipinski definition) is 15. The van der Waals surface area contributed by atoms with Crippen LogP contribution >= 0.6 is 0 Å². The molecule has 0 unspecified atom stereocenters. The second-order valence-corrected chi connectivity index (χ2v) is 16.0. The number of fused-ring (bicyclic) bond motifs is 2. The highest BCUT2D eigenvalue weighted by atomic mass is 16.8.